The summed E-state index contributed by atoms with van der Waals surface area (Å²) in [6, 6.07) is 7.23. The molecule has 0 unspecified atom stereocenters. The maximum absolute atomic E-state index is 12.2. The fraction of sp³-hybridized carbons (Fsp3) is 0.400. The molecular formula is C10H11ClNO3S. The van der Waals surface area contributed by atoms with E-state index in [1.165, 1.54) is 16.4 Å². The molecule has 0 atom stereocenters. The van der Waals surface area contributed by atoms with Gasteiger partial charge in [-0.25, -0.2) is 8.42 Å². The van der Waals surface area contributed by atoms with E-state index in [9.17, 15) is 8.42 Å². The Labute approximate surface area is 99.8 Å². The van der Waals surface area contributed by atoms with Crippen molar-refractivity contribution in [3.63, 3.8) is 0 Å². The molecule has 1 aromatic rings. The van der Waals surface area contributed by atoms with Gasteiger partial charge in [-0.2, -0.15) is 4.31 Å². The first-order valence-electron chi connectivity index (χ1n) is 4.86. The number of nitrogens with zero attached hydrogens (tertiary/aromatic N) is 1. The van der Waals surface area contributed by atoms with Crippen LogP contribution in [0.5, 0.6) is 0 Å². The zero-order valence-electron chi connectivity index (χ0n) is 8.52. The van der Waals surface area contributed by atoms with E-state index >= 15 is 0 Å². The van der Waals surface area contributed by atoms with Crippen molar-refractivity contribution in [2.45, 2.75) is 4.90 Å². The van der Waals surface area contributed by atoms with Crippen molar-refractivity contribution in [1.82, 2.24) is 4.31 Å². The maximum Gasteiger partial charge on any atom is 0.244 e. The minimum absolute atomic E-state index is 0.110. The van der Waals surface area contributed by atoms with Crippen molar-refractivity contribution in [3.05, 3.63) is 29.3 Å². The lowest BCUT2D eigenvalue weighted by molar-refractivity contribution is 0.0730. The van der Waals surface area contributed by atoms with E-state index in [1.807, 2.05) is 0 Å². The summed E-state index contributed by atoms with van der Waals surface area (Å²) in [6.07, 6.45) is 0. The second-order valence-electron chi connectivity index (χ2n) is 3.37. The van der Waals surface area contributed by atoms with Gasteiger partial charge in [-0.3, -0.25) is 0 Å². The predicted molar refractivity (Wildman–Crippen MR) is 59.9 cm³/mol. The van der Waals surface area contributed by atoms with Crippen molar-refractivity contribution < 1.29 is 13.2 Å². The van der Waals surface area contributed by atoms with Gasteiger partial charge in [0.05, 0.1) is 18.2 Å². The van der Waals surface area contributed by atoms with Crippen LogP contribution in [0, 0.1) is 6.07 Å². The fourth-order valence-corrected chi connectivity index (χ4v) is 3.37. The second-order valence-corrected chi connectivity index (χ2v) is 5.69. The molecule has 0 spiro atoms. The van der Waals surface area contributed by atoms with Crippen molar-refractivity contribution >= 4 is 21.6 Å². The van der Waals surface area contributed by atoms with Crippen LogP contribution in [0.15, 0.2) is 23.1 Å². The third kappa shape index (κ3) is 2.22. The Morgan fingerprint density at radius 3 is 2.69 bits per heavy atom. The number of hydrogen-bond donors (Lipinski definition) is 0. The van der Waals surface area contributed by atoms with Gasteiger partial charge in [-0.1, -0.05) is 17.7 Å². The van der Waals surface area contributed by atoms with E-state index < -0.39 is 10.0 Å². The molecule has 2 rings (SSSR count). The van der Waals surface area contributed by atoms with Crippen LogP contribution >= 0.6 is 11.6 Å². The first-order chi connectivity index (χ1) is 7.62. The third-order valence-corrected chi connectivity index (χ3v) is 4.74. The maximum atomic E-state index is 12.2. The average molecular weight is 261 g/mol. The molecule has 1 aliphatic heterocycles. The summed E-state index contributed by atoms with van der Waals surface area (Å²) < 4.78 is 30.8. The third-order valence-electron chi connectivity index (χ3n) is 2.36. The number of halogens is 1. The standard InChI is InChI=1S/C10H11ClNO3S/c11-9-3-1-2-4-10(9)16(13,14)12-5-7-15-8-6-12/h1,3-4H,5-8H2. The highest BCUT2D eigenvalue weighted by Gasteiger charge is 2.27. The van der Waals surface area contributed by atoms with Gasteiger partial charge >= 0.3 is 0 Å². The number of hydrogen-bond acceptors (Lipinski definition) is 3. The molecule has 0 N–H and O–H groups in total. The summed E-state index contributed by atoms with van der Waals surface area (Å²) in [5.74, 6) is 0. The van der Waals surface area contributed by atoms with E-state index in [0.717, 1.165) is 0 Å². The SMILES string of the molecule is O=S(=O)(c1c[c]ccc1Cl)N1CCOCC1. The summed E-state index contributed by atoms with van der Waals surface area (Å²) in [5, 5.41) is 0.227. The molecule has 1 fully saturated rings. The number of rotatable bonds is 2. The number of benzene rings is 1. The smallest absolute Gasteiger partial charge is 0.244 e. The lowest BCUT2D eigenvalue weighted by Crippen LogP contribution is -2.40. The molecule has 0 amide bonds. The zero-order chi connectivity index (χ0) is 11.6. The van der Waals surface area contributed by atoms with Gasteiger partial charge in [0.2, 0.25) is 10.0 Å². The molecule has 1 aromatic carbocycles. The Kier molecular flexibility index (Phi) is 3.49. The van der Waals surface area contributed by atoms with Crippen LogP contribution in [0.1, 0.15) is 0 Å². The van der Waals surface area contributed by atoms with Crippen molar-refractivity contribution in [2.24, 2.45) is 0 Å². The monoisotopic (exact) mass is 260 g/mol. The van der Waals surface area contributed by atoms with Crippen LogP contribution in [-0.4, -0.2) is 39.0 Å². The minimum Gasteiger partial charge on any atom is -0.379 e. The molecule has 4 nitrogen and oxygen atoms in total. The van der Waals surface area contributed by atoms with Crippen molar-refractivity contribution in [2.75, 3.05) is 26.3 Å². The van der Waals surface area contributed by atoms with Gasteiger partial charge in [0, 0.05) is 13.1 Å². The van der Waals surface area contributed by atoms with Crippen LogP contribution in [0.3, 0.4) is 0 Å². The summed E-state index contributed by atoms with van der Waals surface area (Å²) in [4.78, 5) is 0.110. The Hall–Kier alpha value is -0.620. The summed E-state index contributed by atoms with van der Waals surface area (Å²) >= 11 is 5.87. The molecule has 0 bridgehead atoms. The van der Waals surface area contributed by atoms with Crippen LogP contribution in [-0.2, 0) is 14.8 Å². The van der Waals surface area contributed by atoms with Crippen LogP contribution in [0.25, 0.3) is 0 Å². The molecule has 0 aromatic heterocycles. The second kappa shape index (κ2) is 4.71. The van der Waals surface area contributed by atoms with Crippen LogP contribution < -0.4 is 0 Å². The van der Waals surface area contributed by atoms with E-state index in [2.05, 4.69) is 6.07 Å². The Balaban J connectivity index is 2.35. The lowest BCUT2D eigenvalue weighted by Gasteiger charge is -2.26. The highest BCUT2D eigenvalue weighted by atomic mass is 35.5. The first kappa shape index (κ1) is 11.9. The molecule has 1 radical (unpaired) electrons. The summed E-state index contributed by atoms with van der Waals surface area (Å²) in [7, 11) is -3.50. The van der Waals surface area contributed by atoms with E-state index in [4.69, 9.17) is 16.3 Å². The number of sulfonamides is 1. The summed E-state index contributed by atoms with van der Waals surface area (Å²) in [5.41, 5.74) is 0. The molecule has 0 aliphatic carbocycles. The highest BCUT2D eigenvalue weighted by molar-refractivity contribution is 7.89. The Morgan fingerprint density at radius 1 is 1.38 bits per heavy atom. The van der Waals surface area contributed by atoms with E-state index in [0.29, 0.717) is 26.3 Å². The Bertz CT molecular complexity index is 469. The molecule has 1 aliphatic rings. The molecule has 16 heavy (non-hydrogen) atoms. The zero-order valence-corrected chi connectivity index (χ0v) is 10.1. The van der Waals surface area contributed by atoms with Gasteiger partial charge in [0.1, 0.15) is 4.90 Å². The molecular weight excluding hydrogens is 250 g/mol. The van der Waals surface area contributed by atoms with Crippen molar-refractivity contribution in [3.8, 4) is 0 Å². The normalized spacial score (nSPS) is 18.6. The van der Waals surface area contributed by atoms with Gasteiger partial charge in [0.15, 0.2) is 0 Å². The van der Waals surface area contributed by atoms with Gasteiger partial charge in [-0.05, 0) is 18.2 Å². The Morgan fingerprint density at radius 2 is 2.06 bits per heavy atom. The lowest BCUT2D eigenvalue weighted by atomic mass is 10.4. The van der Waals surface area contributed by atoms with Crippen molar-refractivity contribution in [1.29, 1.82) is 0 Å². The highest BCUT2D eigenvalue weighted by Crippen LogP contribution is 2.24. The van der Waals surface area contributed by atoms with E-state index in [1.54, 1.807) is 6.07 Å². The van der Waals surface area contributed by atoms with Gasteiger partial charge in [0.25, 0.3) is 0 Å². The van der Waals surface area contributed by atoms with Gasteiger partial charge in [-0.15, -0.1) is 0 Å². The topological polar surface area (TPSA) is 46.6 Å². The molecule has 1 saturated heterocycles. The minimum atomic E-state index is -3.50. The molecule has 87 valence electrons. The van der Waals surface area contributed by atoms with Gasteiger partial charge < -0.3 is 4.74 Å². The quantitative estimate of drug-likeness (QED) is 0.802. The van der Waals surface area contributed by atoms with E-state index in [-0.39, 0.29) is 9.92 Å². The summed E-state index contributed by atoms with van der Waals surface area (Å²) in [6.45, 7) is 1.59. The number of morpholine rings is 1. The first-order valence-corrected chi connectivity index (χ1v) is 6.67. The molecule has 1 heterocycles. The predicted octanol–water partition coefficient (Wildman–Crippen LogP) is 1.16. The van der Waals surface area contributed by atoms with Crippen LogP contribution in [0.2, 0.25) is 5.02 Å². The molecule has 6 heteroatoms. The number of ether oxygens (including phenoxy) is 1. The average Bonchev–Trinajstić information content (AvgIpc) is 2.30. The van der Waals surface area contributed by atoms with Crippen LogP contribution in [0.4, 0.5) is 0 Å². The molecule has 0 saturated carbocycles. The fourth-order valence-electron chi connectivity index (χ4n) is 1.52. The largest absolute Gasteiger partial charge is 0.379 e.